The maximum Gasteiger partial charge on any atom is 0.0537 e. The predicted molar refractivity (Wildman–Crippen MR) is 72.1 cm³/mol. The van der Waals surface area contributed by atoms with Crippen LogP contribution >= 0.6 is 23.5 Å². The number of rotatable bonds is 1. The van der Waals surface area contributed by atoms with Gasteiger partial charge < -0.3 is 5.32 Å². The van der Waals surface area contributed by atoms with Gasteiger partial charge in [-0.25, -0.2) is 0 Å². The Kier molecular flexibility index (Phi) is 2.58. The summed E-state index contributed by atoms with van der Waals surface area (Å²) < 4.78 is 0. The first-order chi connectivity index (χ1) is 7.88. The van der Waals surface area contributed by atoms with Crippen molar-refractivity contribution in [2.45, 2.75) is 14.7 Å². The van der Waals surface area contributed by atoms with E-state index in [0.29, 0.717) is 0 Å². The molecule has 2 aromatic carbocycles. The normalized spacial score (nSPS) is 12.6. The first kappa shape index (κ1) is 10.1. The van der Waals surface area contributed by atoms with Crippen LogP contribution in [0.1, 0.15) is 0 Å². The van der Waals surface area contributed by atoms with Crippen LogP contribution in [0.4, 0.5) is 11.4 Å². The maximum atomic E-state index is 3.48. The van der Waals surface area contributed by atoms with Gasteiger partial charge in [-0.2, -0.15) is 0 Å². The Morgan fingerprint density at radius 2 is 1.81 bits per heavy atom. The zero-order valence-electron chi connectivity index (χ0n) is 8.86. The molecule has 0 saturated carbocycles. The fraction of sp³-hybridized carbons (Fsp3) is 0.0769. The van der Waals surface area contributed by atoms with Gasteiger partial charge in [-0.05, 0) is 30.5 Å². The van der Waals surface area contributed by atoms with Gasteiger partial charge in [-0.15, -0.1) is 11.8 Å². The molecule has 80 valence electrons. The summed E-state index contributed by atoms with van der Waals surface area (Å²) >= 11 is 3.65. The highest BCUT2D eigenvalue weighted by molar-refractivity contribution is 8.02. The van der Waals surface area contributed by atoms with E-state index in [2.05, 4.69) is 54.0 Å². The molecule has 0 saturated heterocycles. The molecule has 0 aliphatic carbocycles. The van der Waals surface area contributed by atoms with E-state index in [0.717, 1.165) is 0 Å². The summed E-state index contributed by atoms with van der Waals surface area (Å²) in [5.74, 6) is 0. The Hall–Kier alpha value is -1.06. The number of nitrogens with one attached hydrogen (secondary N) is 1. The molecule has 16 heavy (non-hydrogen) atoms. The molecule has 1 nitrogen and oxygen atoms in total. The van der Waals surface area contributed by atoms with E-state index < -0.39 is 0 Å². The summed E-state index contributed by atoms with van der Waals surface area (Å²) in [6.07, 6.45) is 2.12. The molecule has 0 spiro atoms. The van der Waals surface area contributed by atoms with Crippen LogP contribution in [0.15, 0.2) is 57.2 Å². The Morgan fingerprint density at radius 1 is 1.00 bits per heavy atom. The first-order valence-corrected chi connectivity index (χ1v) is 7.13. The molecule has 0 amide bonds. The van der Waals surface area contributed by atoms with Gasteiger partial charge in [0.1, 0.15) is 0 Å². The van der Waals surface area contributed by atoms with Crippen LogP contribution in [0, 0.1) is 0 Å². The fourth-order valence-corrected chi connectivity index (χ4v) is 3.67. The Bertz CT molecular complexity index is 537. The van der Waals surface area contributed by atoms with Crippen molar-refractivity contribution in [3.05, 3.63) is 42.5 Å². The van der Waals surface area contributed by atoms with Crippen LogP contribution in [0.5, 0.6) is 0 Å². The lowest BCUT2D eigenvalue weighted by Gasteiger charge is -2.22. The lowest BCUT2D eigenvalue weighted by molar-refractivity contribution is 1.21. The third kappa shape index (κ3) is 1.60. The lowest BCUT2D eigenvalue weighted by atomic mass is 10.2. The Morgan fingerprint density at radius 3 is 2.69 bits per heavy atom. The predicted octanol–water partition coefficient (Wildman–Crippen LogP) is 4.62. The molecule has 0 atom stereocenters. The summed E-state index contributed by atoms with van der Waals surface area (Å²) in [4.78, 5) is 3.98. The highest BCUT2D eigenvalue weighted by Crippen LogP contribution is 2.47. The zero-order chi connectivity index (χ0) is 11.0. The second kappa shape index (κ2) is 4.07. The minimum absolute atomic E-state index is 1.21. The number of anilines is 2. The molecule has 3 heteroatoms. The minimum atomic E-state index is 1.21. The van der Waals surface area contributed by atoms with E-state index in [-0.39, 0.29) is 0 Å². The smallest absolute Gasteiger partial charge is 0.0537 e. The van der Waals surface area contributed by atoms with Gasteiger partial charge in [0, 0.05) is 14.7 Å². The molecule has 1 heterocycles. The van der Waals surface area contributed by atoms with E-state index in [1.54, 1.807) is 11.8 Å². The lowest BCUT2D eigenvalue weighted by Crippen LogP contribution is -1.99. The Labute approximate surface area is 104 Å². The molecule has 2 aromatic rings. The molecule has 1 N–H and O–H groups in total. The summed E-state index contributed by atoms with van der Waals surface area (Å²) in [5.41, 5.74) is 2.42. The SMILES string of the molecule is CSc1cccc2c1Sc1ccccc1N2. The number of hydrogen-bond donors (Lipinski definition) is 1. The van der Waals surface area contributed by atoms with Gasteiger partial charge in [-0.3, -0.25) is 0 Å². The van der Waals surface area contributed by atoms with Gasteiger partial charge in [0.15, 0.2) is 0 Å². The van der Waals surface area contributed by atoms with Crippen molar-refractivity contribution in [1.29, 1.82) is 0 Å². The zero-order valence-corrected chi connectivity index (χ0v) is 10.5. The van der Waals surface area contributed by atoms with Crippen LogP contribution in [-0.4, -0.2) is 6.26 Å². The Balaban J connectivity index is 2.12. The summed E-state index contributed by atoms with van der Waals surface area (Å²) in [6, 6.07) is 14.8. The summed E-state index contributed by atoms with van der Waals surface area (Å²) in [7, 11) is 0. The molecule has 1 aliphatic rings. The monoisotopic (exact) mass is 245 g/mol. The second-order valence-corrected chi connectivity index (χ2v) is 5.46. The third-order valence-electron chi connectivity index (χ3n) is 2.57. The molecule has 0 unspecified atom stereocenters. The maximum absolute atomic E-state index is 3.48. The summed E-state index contributed by atoms with van der Waals surface area (Å²) in [6.45, 7) is 0. The average molecular weight is 245 g/mol. The van der Waals surface area contributed by atoms with Gasteiger partial charge in [0.05, 0.1) is 11.4 Å². The second-order valence-electron chi connectivity index (χ2n) is 3.56. The number of para-hydroxylation sites is 1. The van der Waals surface area contributed by atoms with Crippen molar-refractivity contribution in [2.24, 2.45) is 0 Å². The van der Waals surface area contributed by atoms with E-state index in [1.807, 2.05) is 11.8 Å². The van der Waals surface area contributed by atoms with E-state index in [4.69, 9.17) is 0 Å². The molecule has 0 fully saturated rings. The van der Waals surface area contributed by atoms with Crippen molar-refractivity contribution in [3.8, 4) is 0 Å². The van der Waals surface area contributed by atoms with E-state index >= 15 is 0 Å². The van der Waals surface area contributed by atoms with Crippen LogP contribution in [0.2, 0.25) is 0 Å². The van der Waals surface area contributed by atoms with Crippen LogP contribution in [-0.2, 0) is 0 Å². The minimum Gasteiger partial charge on any atom is -0.354 e. The van der Waals surface area contributed by atoms with Gasteiger partial charge in [-0.1, -0.05) is 30.0 Å². The molecular formula is C13H11NS2. The van der Waals surface area contributed by atoms with Crippen molar-refractivity contribution in [1.82, 2.24) is 0 Å². The molecule has 1 aliphatic heterocycles. The van der Waals surface area contributed by atoms with Crippen LogP contribution < -0.4 is 5.32 Å². The third-order valence-corrected chi connectivity index (χ3v) is 4.70. The number of hydrogen-bond acceptors (Lipinski definition) is 3. The standard InChI is InChI=1S/C13H11NS2/c1-15-12-8-4-6-10-13(12)16-11-7-3-2-5-9(11)14-10/h2-8,14H,1H3. The van der Waals surface area contributed by atoms with Crippen molar-refractivity contribution in [3.63, 3.8) is 0 Å². The van der Waals surface area contributed by atoms with Gasteiger partial charge in [0.2, 0.25) is 0 Å². The highest BCUT2D eigenvalue weighted by Gasteiger charge is 2.17. The molecule has 0 bridgehead atoms. The number of thioether (sulfide) groups is 1. The number of benzene rings is 2. The fourth-order valence-electron chi connectivity index (χ4n) is 1.79. The van der Waals surface area contributed by atoms with Crippen LogP contribution in [0.3, 0.4) is 0 Å². The topological polar surface area (TPSA) is 12.0 Å². The van der Waals surface area contributed by atoms with Crippen LogP contribution in [0.25, 0.3) is 0 Å². The van der Waals surface area contributed by atoms with E-state index in [9.17, 15) is 0 Å². The quantitative estimate of drug-likeness (QED) is 0.628. The van der Waals surface area contributed by atoms with Gasteiger partial charge >= 0.3 is 0 Å². The van der Waals surface area contributed by atoms with Gasteiger partial charge in [0.25, 0.3) is 0 Å². The largest absolute Gasteiger partial charge is 0.354 e. The van der Waals surface area contributed by atoms with Crippen molar-refractivity contribution < 1.29 is 0 Å². The molecule has 0 aromatic heterocycles. The summed E-state index contributed by atoms with van der Waals surface area (Å²) in [5, 5.41) is 3.48. The highest BCUT2D eigenvalue weighted by atomic mass is 32.2. The average Bonchev–Trinajstić information content (AvgIpc) is 2.35. The van der Waals surface area contributed by atoms with Crippen molar-refractivity contribution >= 4 is 34.9 Å². The number of fused-ring (bicyclic) bond motifs is 2. The molecule has 0 radical (unpaired) electrons. The van der Waals surface area contributed by atoms with Crippen molar-refractivity contribution in [2.75, 3.05) is 11.6 Å². The molecular weight excluding hydrogens is 234 g/mol. The van der Waals surface area contributed by atoms with E-state index in [1.165, 1.54) is 26.1 Å². The molecule has 3 rings (SSSR count). The first-order valence-electron chi connectivity index (χ1n) is 5.09.